The first-order valence-corrected chi connectivity index (χ1v) is 10.3. The summed E-state index contributed by atoms with van der Waals surface area (Å²) >= 11 is 0. The molecule has 0 radical (unpaired) electrons. The first-order chi connectivity index (χ1) is 14.1. The van der Waals surface area contributed by atoms with Crippen LogP contribution in [0.2, 0.25) is 0 Å². The Kier molecular flexibility index (Phi) is 5.74. The van der Waals surface area contributed by atoms with Gasteiger partial charge in [0.05, 0.1) is 0 Å². The molecule has 0 aliphatic heterocycles. The number of Topliss-reactive ketones (excluding diaryl/α,β-unsaturated/α-hetero) is 1. The third-order valence-corrected chi connectivity index (χ3v) is 5.70. The minimum absolute atomic E-state index is 0.0484. The maximum absolute atomic E-state index is 13.4. The number of carbonyl (C=O) groups excluding carboxylic acids is 2. The second-order valence-corrected chi connectivity index (χ2v) is 7.75. The molecule has 1 aliphatic rings. The van der Waals surface area contributed by atoms with Gasteiger partial charge in [-0.1, -0.05) is 50.3 Å². The Bertz CT molecular complexity index is 1020. The minimum Gasteiger partial charge on any atom is -0.346 e. The van der Waals surface area contributed by atoms with Crippen LogP contribution in [0, 0.1) is 5.82 Å². The number of ketones is 1. The van der Waals surface area contributed by atoms with Gasteiger partial charge in [0.25, 0.3) is 11.7 Å². The molecule has 1 amide bonds. The number of halogens is 1. The van der Waals surface area contributed by atoms with Gasteiger partial charge in [0.1, 0.15) is 11.5 Å². The third kappa shape index (κ3) is 4.24. The van der Waals surface area contributed by atoms with Gasteiger partial charge in [-0.25, -0.2) is 4.39 Å². The number of aromatic nitrogens is 1. The normalized spacial score (nSPS) is 15.6. The van der Waals surface area contributed by atoms with Crippen molar-refractivity contribution in [1.29, 1.82) is 0 Å². The van der Waals surface area contributed by atoms with Crippen molar-refractivity contribution in [2.75, 3.05) is 0 Å². The lowest BCUT2D eigenvalue weighted by Crippen LogP contribution is -2.40. The van der Waals surface area contributed by atoms with Crippen molar-refractivity contribution >= 4 is 17.2 Å². The molecule has 0 atom stereocenters. The Hall–Kier alpha value is -2.95. The van der Waals surface area contributed by atoms with Crippen molar-refractivity contribution in [1.82, 2.24) is 9.72 Å². The van der Waals surface area contributed by atoms with Gasteiger partial charge in [-0.2, -0.15) is 0 Å². The number of fused-ring (bicyclic) bond motifs is 1. The highest BCUT2D eigenvalue weighted by atomic mass is 19.1. The lowest BCUT2D eigenvalue weighted by atomic mass is 9.96. The van der Waals surface area contributed by atoms with Gasteiger partial charge in [0, 0.05) is 23.3 Å². The van der Waals surface area contributed by atoms with Gasteiger partial charge in [0.15, 0.2) is 0 Å². The number of rotatable bonds is 4. The summed E-state index contributed by atoms with van der Waals surface area (Å²) in [6.45, 7) is 0. The Labute approximate surface area is 169 Å². The second-order valence-electron chi connectivity index (χ2n) is 7.75. The molecule has 1 aliphatic carbocycles. The van der Waals surface area contributed by atoms with Gasteiger partial charge in [0.2, 0.25) is 0 Å². The maximum Gasteiger partial charge on any atom is 0.294 e. The van der Waals surface area contributed by atoms with Gasteiger partial charge < -0.3 is 9.72 Å². The molecule has 3 aromatic rings. The number of carbonyl (C=O) groups is 2. The van der Waals surface area contributed by atoms with Crippen LogP contribution in [0.25, 0.3) is 16.6 Å². The smallest absolute Gasteiger partial charge is 0.294 e. The Balaban J connectivity index is 1.66. The summed E-state index contributed by atoms with van der Waals surface area (Å²) in [5.74, 6) is -1.47. The van der Waals surface area contributed by atoms with Gasteiger partial charge in [-0.15, -0.1) is 0 Å². The summed E-state index contributed by atoms with van der Waals surface area (Å²) in [5.41, 5.74) is 2.47. The Morgan fingerprint density at radius 2 is 1.62 bits per heavy atom. The summed E-state index contributed by atoms with van der Waals surface area (Å²) in [6, 6.07) is 13.5. The van der Waals surface area contributed by atoms with Crippen molar-refractivity contribution in [3.8, 4) is 11.1 Å². The largest absolute Gasteiger partial charge is 0.346 e. The molecule has 4 nitrogen and oxygen atoms in total. The van der Waals surface area contributed by atoms with Crippen LogP contribution in [0.5, 0.6) is 0 Å². The van der Waals surface area contributed by atoms with E-state index in [0.29, 0.717) is 16.8 Å². The highest BCUT2D eigenvalue weighted by Gasteiger charge is 2.26. The van der Waals surface area contributed by atoms with E-state index in [1.54, 1.807) is 22.7 Å². The zero-order valence-electron chi connectivity index (χ0n) is 16.4. The molecule has 4 rings (SSSR count). The number of benzene rings is 1. The molecule has 0 unspecified atom stereocenters. The number of amides is 1. The quantitative estimate of drug-likeness (QED) is 0.493. The van der Waals surface area contributed by atoms with Crippen LogP contribution >= 0.6 is 0 Å². The molecule has 1 aromatic carbocycles. The SMILES string of the molecule is O=C(NC1CCCCCCC1)C(=O)c1c(-c2ccc(F)cc2)cc2ccccn12. The predicted molar refractivity (Wildman–Crippen MR) is 111 cm³/mol. The van der Waals surface area contributed by atoms with E-state index >= 15 is 0 Å². The van der Waals surface area contributed by atoms with Crippen molar-refractivity contribution in [2.24, 2.45) is 0 Å². The summed E-state index contributed by atoms with van der Waals surface area (Å²) < 4.78 is 15.1. The predicted octanol–water partition coefficient (Wildman–Crippen LogP) is 5.16. The standard InChI is InChI=1S/C24H25FN2O2/c25-18-13-11-17(12-14-18)21-16-20-10-6-7-15-27(20)22(21)23(28)24(29)26-19-8-4-2-1-3-5-9-19/h6-7,10-16,19H,1-5,8-9H2,(H,26,29). The molecule has 5 heteroatoms. The van der Waals surface area contributed by atoms with E-state index in [2.05, 4.69) is 5.32 Å². The molecule has 0 bridgehead atoms. The Morgan fingerprint density at radius 1 is 0.931 bits per heavy atom. The Morgan fingerprint density at radius 3 is 2.34 bits per heavy atom. The highest BCUT2D eigenvalue weighted by molar-refractivity contribution is 6.43. The van der Waals surface area contributed by atoms with Crippen LogP contribution in [0.4, 0.5) is 4.39 Å². The van der Waals surface area contributed by atoms with Crippen molar-refractivity contribution < 1.29 is 14.0 Å². The van der Waals surface area contributed by atoms with Crippen LogP contribution in [-0.4, -0.2) is 22.1 Å². The van der Waals surface area contributed by atoms with Crippen molar-refractivity contribution in [3.05, 3.63) is 66.2 Å². The minimum atomic E-state index is -0.567. The second kappa shape index (κ2) is 8.60. The zero-order valence-corrected chi connectivity index (χ0v) is 16.4. The average molecular weight is 392 g/mol. The first kappa shape index (κ1) is 19.4. The first-order valence-electron chi connectivity index (χ1n) is 10.3. The summed E-state index contributed by atoms with van der Waals surface area (Å²) in [6.07, 6.45) is 9.37. The van der Waals surface area contributed by atoms with Crippen LogP contribution in [-0.2, 0) is 4.79 Å². The van der Waals surface area contributed by atoms with Gasteiger partial charge in [-0.05, 0) is 48.7 Å². The fourth-order valence-electron chi connectivity index (χ4n) is 4.16. The van der Waals surface area contributed by atoms with Crippen LogP contribution in [0.1, 0.15) is 55.4 Å². The molecule has 150 valence electrons. The number of nitrogens with zero attached hydrogens (tertiary/aromatic N) is 1. The molecule has 0 saturated heterocycles. The zero-order chi connectivity index (χ0) is 20.2. The topological polar surface area (TPSA) is 50.6 Å². The van der Waals surface area contributed by atoms with E-state index in [1.807, 2.05) is 24.3 Å². The molecule has 0 spiro atoms. The van der Waals surface area contributed by atoms with E-state index in [9.17, 15) is 14.0 Å². The maximum atomic E-state index is 13.4. The lowest BCUT2D eigenvalue weighted by Gasteiger charge is -2.20. The van der Waals surface area contributed by atoms with Crippen LogP contribution in [0.3, 0.4) is 0 Å². The molecule has 1 fully saturated rings. The van der Waals surface area contributed by atoms with Gasteiger partial charge in [-0.3, -0.25) is 9.59 Å². The average Bonchev–Trinajstić information content (AvgIpc) is 3.09. The van der Waals surface area contributed by atoms with Crippen molar-refractivity contribution in [3.63, 3.8) is 0 Å². The fourth-order valence-corrected chi connectivity index (χ4v) is 4.16. The summed E-state index contributed by atoms with van der Waals surface area (Å²) in [4.78, 5) is 26.1. The molecule has 1 saturated carbocycles. The molecule has 1 N–H and O–H groups in total. The van der Waals surface area contributed by atoms with E-state index in [1.165, 1.54) is 31.4 Å². The molecule has 2 heterocycles. The number of hydrogen-bond donors (Lipinski definition) is 1. The summed E-state index contributed by atoms with van der Waals surface area (Å²) in [5, 5.41) is 2.97. The van der Waals surface area contributed by atoms with Gasteiger partial charge >= 0.3 is 0 Å². The number of pyridine rings is 1. The molecular formula is C24H25FN2O2. The van der Waals surface area contributed by atoms with E-state index in [-0.39, 0.29) is 11.9 Å². The third-order valence-electron chi connectivity index (χ3n) is 5.70. The molecule has 2 aromatic heterocycles. The molecular weight excluding hydrogens is 367 g/mol. The molecule has 29 heavy (non-hydrogen) atoms. The number of nitrogens with one attached hydrogen (secondary N) is 1. The lowest BCUT2D eigenvalue weighted by molar-refractivity contribution is -0.117. The highest BCUT2D eigenvalue weighted by Crippen LogP contribution is 2.29. The number of hydrogen-bond acceptors (Lipinski definition) is 2. The van der Waals surface area contributed by atoms with E-state index < -0.39 is 11.7 Å². The van der Waals surface area contributed by atoms with E-state index in [0.717, 1.165) is 31.2 Å². The van der Waals surface area contributed by atoms with Crippen molar-refractivity contribution in [2.45, 2.75) is 51.0 Å². The monoisotopic (exact) mass is 392 g/mol. The fraction of sp³-hybridized carbons (Fsp3) is 0.333. The van der Waals surface area contributed by atoms with Crippen LogP contribution < -0.4 is 5.32 Å². The van der Waals surface area contributed by atoms with E-state index in [4.69, 9.17) is 0 Å². The van der Waals surface area contributed by atoms with Crippen LogP contribution in [0.15, 0.2) is 54.7 Å². The summed E-state index contributed by atoms with van der Waals surface area (Å²) in [7, 11) is 0.